The highest BCUT2D eigenvalue weighted by Crippen LogP contribution is 2.06. The molecule has 0 nitrogen and oxygen atoms in total. The third-order valence-corrected chi connectivity index (χ3v) is 1.62. The molecule has 0 fully saturated rings. The molecular weight excluding hydrogens is 116 g/mol. The van der Waals surface area contributed by atoms with Crippen LogP contribution in [0, 0.1) is 12.0 Å². The third kappa shape index (κ3) is 1.04. The minimum Gasteiger partial charge on any atom is -0.0836 e. The van der Waals surface area contributed by atoms with Crippen LogP contribution in [0.2, 0.25) is 0 Å². The normalized spacial score (nSPS) is 26.6. The molecule has 0 saturated carbocycles. The Morgan fingerprint density at radius 2 is 2.50 bits per heavy atom. The summed E-state index contributed by atoms with van der Waals surface area (Å²) < 4.78 is 0. The zero-order valence-electron chi connectivity index (χ0n) is 4.72. The van der Waals surface area contributed by atoms with Gasteiger partial charge in [0.15, 0.2) is 0 Å². The predicted molar refractivity (Wildman–Crippen MR) is 38.7 cm³/mol. The van der Waals surface area contributed by atoms with Gasteiger partial charge in [0.1, 0.15) is 0 Å². The molecule has 0 aromatic heterocycles. The van der Waals surface area contributed by atoms with Crippen LogP contribution in [0.3, 0.4) is 0 Å². The zero-order chi connectivity index (χ0) is 5.98. The Hall–Kier alpha value is -0.430. The van der Waals surface area contributed by atoms with Gasteiger partial charge in [0.2, 0.25) is 0 Å². The van der Waals surface area contributed by atoms with Crippen molar-refractivity contribution < 1.29 is 0 Å². The van der Waals surface area contributed by atoms with Crippen LogP contribution in [0.25, 0.3) is 0 Å². The van der Waals surface area contributed by atoms with Gasteiger partial charge in [-0.1, -0.05) is 37.4 Å². The number of rotatable bonds is 0. The van der Waals surface area contributed by atoms with Crippen LogP contribution < -0.4 is 0 Å². The first-order chi connectivity index (χ1) is 3.80. The van der Waals surface area contributed by atoms with E-state index in [2.05, 4.69) is 19.1 Å². The van der Waals surface area contributed by atoms with E-state index in [1.54, 1.807) is 0 Å². The van der Waals surface area contributed by atoms with Gasteiger partial charge in [0, 0.05) is 10.8 Å². The van der Waals surface area contributed by atoms with E-state index in [4.69, 9.17) is 12.2 Å². The number of hydrogen-bond acceptors (Lipinski definition) is 1. The molecule has 0 aromatic rings. The lowest BCUT2D eigenvalue weighted by Crippen LogP contribution is -2.04. The van der Waals surface area contributed by atoms with Gasteiger partial charge in [-0.15, -0.1) is 0 Å². The van der Waals surface area contributed by atoms with Crippen molar-refractivity contribution in [2.45, 2.75) is 6.92 Å². The first-order valence-corrected chi connectivity index (χ1v) is 3.02. The molecule has 41 valence electrons. The van der Waals surface area contributed by atoms with Crippen LogP contribution >= 0.6 is 12.2 Å². The Morgan fingerprint density at radius 1 is 1.75 bits per heavy atom. The fourth-order valence-electron chi connectivity index (χ4n) is 0.571. The summed E-state index contributed by atoms with van der Waals surface area (Å²) in [7, 11) is 0. The summed E-state index contributed by atoms with van der Waals surface area (Å²) in [6.07, 6.45) is 8.84. The molecule has 1 heteroatoms. The number of hydrogen-bond donors (Lipinski definition) is 0. The van der Waals surface area contributed by atoms with E-state index in [0.29, 0.717) is 5.92 Å². The van der Waals surface area contributed by atoms with Gasteiger partial charge in [-0.05, 0) is 6.08 Å². The SMILES string of the molecule is CC1C=CC=[C]C1=S. The van der Waals surface area contributed by atoms with Gasteiger partial charge >= 0.3 is 0 Å². The molecule has 0 bridgehead atoms. The Bertz CT molecular complexity index is 154. The van der Waals surface area contributed by atoms with Gasteiger partial charge in [0.25, 0.3) is 0 Å². The maximum absolute atomic E-state index is 4.93. The monoisotopic (exact) mass is 123 g/mol. The van der Waals surface area contributed by atoms with Crippen molar-refractivity contribution in [2.24, 2.45) is 5.92 Å². The van der Waals surface area contributed by atoms with E-state index in [1.807, 2.05) is 12.2 Å². The van der Waals surface area contributed by atoms with Crippen LogP contribution in [0.1, 0.15) is 6.92 Å². The highest BCUT2D eigenvalue weighted by molar-refractivity contribution is 7.80. The molecule has 0 saturated heterocycles. The Balaban J connectivity index is 2.74. The van der Waals surface area contributed by atoms with E-state index in [0.717, 1.165) is 4.86 Å². The van der Waals surface area contributed by atoms with Crippen molar-refractivity contribution in [3.63, 3.8) is 0 Å². The summed E-state index contributed by atoms with van der Waals surface area (Å²) in [5.74, 6) is 0.412. The van der Waals surface area contributed by atoms with Crippen molar-refractivity contribution in [3.8, 4) is 0 Å². The molecule has 1 aliphatic rings. The molecular formula is C7H7S. The van der Waals surface area contributed by atoms with Gasteiger partial charge in [-0.2, -0.15) is 0 Å². The van der Waals surface area contributed by atoms with Gasteiger partial charge < -0.3 is 0 Å². The average molecular weight is 123 g/mol. The Labute approximate surface area is 54.9 Å². The van der Waals surface area contributed by atoms with E-state index in [9.17, 15) is 0 Å². The smallest absolute Gasteiger partial charge is 0.0296 e. The standard InChI is InChI=1S/C7H7S/c1-6-4-2-3-5-7(6)8/h2-4,6H,1H3. The van der Waals surface area contributed by atoms with Gasteiger partial charge in [-0.25, -0.2) is 0 Å². The fraction of sp³-hybridized carbons (Fsp3) is 0.286. The topological polar surface area (TPSA) is 0 Å². The molecule has 1 atom stereocenters. The van der Waals surface area contributed by atoms with E-state index in [-0.39, 0.29) is 0 Å². The predicted octanol–water partition coefficient (Wildman–Crippen LogP) is 1.92. The number of thiocarbonyl (C=S) groups is 1. The molecule has 8 heavy (non-hydrogen) atoms. The maximum atomic E-state index is 4.93. The molecule has 0 amide bonds. The van der Waals surface area contributed by atoms with Crippen molar-refractivity contribution in [1.29, 1.82) is 0 Å². The highest BCUT2D eigenvalue weighted by atomic mass is 32.1. The van der Waals surface area contributed by atoms with Crippen LogP contribution in [-0.2, 0) is 0 Å². The second-order valence-electron chi connectivity index (χ2n) is 1.85. The van der Waals surface area contributed by atoms with Crippen molar-refractivity contribution >= 4 is 17.1 Å². The van der Waals surface area contributed by atoms with Crippen molar-refractivity contribution in [2.75, 3.05) is 0 Å². The Morgan fingerprint density at radius 3 is 2.88 bits per heavy atom. The molecule has 0 heterocycles. The fourth-order valence-corrected chi connectivity index (χ4v) is 0.718. The molecule has 1 unspecified atom stereocenters. The summed E-state index contributed by atoms with van der Waals surface area (Å²) in [4.78, 5) is 0.910. The van der Waals surface area contributed by atoms with Crippen LogP contribution in [-0.4, -0.2) is 4.86 Å². The largest absolute Gasteiger partial charge is 0.0836 e. The maximum Gasteiger partial charge on any atom is 0.0296 e. The molecule has 1 aliphatic carbocycles. The van der Waals surface area contributed by atoms with E-state index >= 15 is 0 Å². The van der Waals surface area contributed by atoms with E-state index < -0.39 is 0 Å². The van der Waals surface area contributed by atoms with E-state index in [1.165, 1.54) is 0 Å². The molecule has 0 N–H and O–H groups in total. The lowest BCUT2D eigenvalue weighted by Gasteiger charge is -2.04. The minimum atomic E-state index is 0.412. The van der Waals surface area contributed by atoms with Crippen LogP contribution in [0.5, 0.6) is 0 Å². The lowest BCUT2D eigenvalue weighted by atomic mass is 10.0. The lowest BCUT2D eigenvalue weighted by molar-refractivity contribution is 1.01. The molecule has 0 spiro atoms. The molecule has 0 aromatic carbocycles. The quantitative estimate of drug-likeness (QED) is 0.443. The molecule has 1 rings (SSSR count). The summed E-state index contributed by atoms with van der Waals surface area (Å²) >= 11 is 4.93. The first-order valence-electron chi connectivity index (χ1n) is 2.61. The van der Waals surface area contributed by atoms with Crippen molar-refractivity contribution in [3.05, 3.63) is 24.3 Å². The summed E-state index contributed by atoms with van der Waals surface area (Å²) in [6, 6.07) is 0. The Kier molecular flexibility index (Phi) is 1.59. The minimum absolute atomic E-state index is 0.412. The third-order valence-electron chi connectivity index (χ3n) is 1.14. The van der Waals surface area contributed by atoms with Crippen LogP contribution in [0.4, 0.5) is 0 Å². The highest BCUT2D eigenvalue weighted by Gasteiger charge is 2.02. The average Bonchev–Trinajstić information content (AvgIpc) is 1.77. The second kappa shape index (κ2) is 2.23. The number of allylic oxidation sites excluding steroid dienone is 4. The van der Waals surface area contributed by atoms with Gasteiger partial charge in [0.05, 0.1) is 0 Å². The molecule has 0 aliphatic heterocycles. The van der Waals surface area contributed by atoms with Crippen molar-refractivity contribution in [1.82, 2.24) is 0 Å². The summed E-state index contributed by atoms with van der Waals surface area (Å²) in [5.41, 5.74) is 0. The second-order valence-corrected chi connectivity index (χ2v) is 2.29. The molecule has 1 radical (unpaired) electrons. The summed E-state index contributed by atoms with van der Waals surface area (Å²) in [5, 5.41) is 0. The van der Waals surface area contributed by atoms with Crippen LogP contribution in [0.15, 0.2) is 18.2 Å². The zero-order valence-corrected chi connectivity index (χ0v) is 5.53. The first kappa shape index (κ1) is 5.70. The van der Waals surface area contributed by atoms with Gasteiger partial charge in [-0.3, -0.25) is 0 Å². The summed E-state index contributed by atoms with van der Waals surface area (Å²) in [6.45, 7) is 2.07.